The van der Waals surface area contributed by atoms with E-state index in [0.29, 0.717) is 0 Å². The fourth-order valence-corrected chi connectivity index (χ4v) is 2.66. The summed E-state index contributed by atoms with van der Waals surface area (Å²) in [7, 11) is 0. The first kappa shape index (κ1) is 29.7. The van der Waals surface area contributed by atoms with Gasteiger partial charge in [-0.25, -0.2) is 4.79 Å². The monoisotopic (exact) mass is 475 g/mol. The summed E-state index contributed by atoms with van der Waals surface area (Å²) < 4.78 is 0. The van der Waals surface area contributed by atoms with Crippen molar-refractivity contribution in [2.24, 2.45) is 17.4 Å². The number of aliphatic hydroxyl groups is 1. The minimum Gasteiger partial charge on any atom is -0.481 e. The van der Waals surface area contributed by atoms with Crippen LogP contribution >= 0.6 is 0 Å². The Kier molecular flexibility index (Phi) is 12.6. The summed E-state index contributed by atoms with van der Waals surface area (Å²) in [5, 5.41) is 34.8. The fourth-order valence-electron chi connectivity index (χ4n) is 2.66. The van der Waals surface area contributed by atoms with Crippen LogP contribution in [0, 0.1) is 5.92 Å². The number of primary amides is 1. The first-order valence-corrected chi connectivity index (χ1v) is 10.2. The lowest BCUT2D eigenvalue weighted by Gasteiger charge is -2.27. The quantitative estimate of drug-likeness (QED) is 0.119. The Morgan fingerprint density at radius 3 is 1.76 bits per heavy atom. The van der Waals surface area contributed by atoms with Crippen molar-refractivity contribution in [2.75, 3.05) is 0 Å². The van der Waals surface area contributed by atoms with E-state index in [-0.39, 0.29) is 19.3 Å². The van der Waals surface area contributed by atoms with Crippen LogP contribution in [0.3, 0.4) is 0 Å². The molecule has 0 aromatic heterocycles. The minimum atomic E-state index is -1.57. The number of hydrogen-bond donors (Lipinski definition) is 8. The van der Waals surface area contributed by atoms with E-state index < -0.39 is 78.2 Å². The molecule has 0 fully saturated rings. The van der Waals surface area contributed by atoms with Gasteiger partial charge >= 0.3 is 11.9 Å². The van der Waals surface area contributed by atoms with Crippen molar-refractivity contribution in [1.29, 1.82) is 0 Å². The van der Waals surface area contributed by atoms with Crippen LogP contribution in [0.1, 0.15) is 46.5 Å². The number of aliphatic carboxylic acids is 2. The van der Waals surface area contributed by atoms with E-state index in [2.05, 4.69) is 16.0 Å². The number of nitrogens with one attached hydrogen (secondary N) is 3. The number of nitrogens with two attached hydrogens (primary N) is 2. The SMILES string of the molecule is CC(C)C(NC(=O)C(CCC(=O)O)NC(=O)C(NC(=O)C(N)CCC(N)=O)C(C)O)C(=O)O. The third kappa shape index (κ3) is 11.2. The Morgan fingerprint density at radius 1 is 0.788 bits per heavy atom. The third-order valence-electron chi connectivity index (χ3n) is 4.61. The molecule has 0 aliphatic rings. The maximum absolute atomic E-state index is 12.7. The second kappa shape index (κ2) is 14.0. The van der Waals surface area contributed by atoms with Crippen LogP contribution in [0.25, 0.3) is 0 Å². The highest BCUT2D eigenvalue weighted by molar-refractivity contribution is 5.94. The lowest BCUT2D eigenvalue weighted by molar-refractivity contribution is -0.144. The van der Waals surface area contributed by atoms with Crippen molar-refractivity contribution in [2.45, 2.75) is 76.7 Å². The highest BCUT2D eigenvalue weighted by Crippen LogP contribution is 2.06. The van der Waals surface area contributed by atoms with Gasteiger partial charge in [-0.2, -0.15) is 0 Å². The molecule has 0 bridgehead atoms. The molecular weight excluding hydrogens is 442 g/mol. The van der Waals surface area contributed by atoms with E-state index in [1.807, 2.05) is 0 Å². The number of carbonyl (C=O) groups excluding carboxylic acids is 4. The molecule has 5 atom stereocenters. The van der Waals surface area contributed by atoms with Crippen molar-refractivity contribution in [3.63, 3.8) is 0 Å². The molecule has 188 valence electrons. The molecule has 0 aliphatic carbocycles. The predicted octanol–water partition coefficient (Wildman–Crippen LogP) is -2.98. The van der Waals surface area contributed by atoms with E-state index in [1.54, 1.807) is 13.8 Å². The summed E-state index contributed by atoms with van der Waals surface area (Å²) in [4.78, 5) is 70.6. The van der Waals surface area contributed by atoms with Gasteiger partial charge in [0.05, 0.1) is 12.1 Å². The van der Waals surface area contributed by atoms with Gasteiger partial charge < -0.3 is 42.7 Å². The van der Waals surface area contributed by atoms with Crippen LogP contribution < -0.4 is 27.4 Å². The van der Waals surface area contributed by atoms with Crippen LogP contribution in [-0.4, -0.2) is 81.2 Å². The Bertz CT molecular complexity index is 741. The Hall–Kier alpha value is -3.26. The van der Waals surface area contributed by atoms with Gasteiger partial charge in [-0.15, -0.1) is 0 Å². The molecule has 0 spiro atoms. The van der Waals surface area contributed by atoms with Gasteiger partial charge in [-0.1, -0.05) is 13.8 Å². The van der Waals surface area contributed by atoms with Gasteiger partial charge in [0.1, 0.15) is 18.1 Å². The normalized spacial score (nSPS) is 15.5. The zero-order valence-corrected chi connectivity index (χ0v) is 18.7. The van der Waals surface area contributed by atoms with E-state index in [1.165, 1.54) is 6.92 Å². The molecule has 0 aromatic carbocycles. The number of rotatable bonds is 15. The minimum absolute atomic E-state index is 0.106. The van der Waals surface area contributed by atoms with Gasteiger partial charge in [0, 0.05) is 12.8 Å². The molecule has 10 N–H and O–H groups in total. The molecule has 0 aliphatic heterocycles. The largest absolute Gasteiger partial charge is 0.481 e. The summed E-state index contributed by atoms with van der Waals surface area (Å²) in [5.41, 5.74) is 10.6. The van der Waals surface area contributed by atoms with Crippen LogP contribution in [0.5, 0.6) is 0 Å². The van der Waals surface area contributed by atoms with Crippen LogP contribution in [-0.2, 0) is 28.8 Å². The molecule has 0 radical (unpaired) electrons. The number of carbonyl (C=O) groups is 6. The van der Waals surface area contributed by atoms with E-state index >= 15 is 0 Å². The van der Waals surface area contributed by atoms with Crippen molar-refractivity contribution in [3.8, 4) is 0 Å². The molecule has 33 heavy (non-hydrogen) atoms. The zero-order valence-electron chi connectivity index (χ0n) is 18.7. The molecule has 0 aromatic rings. The van der Waals surface area contributed by atoms with Crippen molar-refractivity contribution in [1.82, 2.24) is 16.0 Å². The highest BCUT2D eigenvalue weighted by Gasteiger charge is 2.33. The number of carboxylic acids is 2. The highest BCUT2D eigenvalue weighted by atomic mass is 16.4. The van der Waals surface area contributed by atoms with Gasteiger partial charge in [-0.05, 0) is 25.7 Å². The second-order valence-electron chi connectivity index (χ2n) is 7.90. The number of carboxylic acid groups (broad SMARTS) is 2. The first-order valence-electron chi connectivity index (χ1n) is 10.2. The van der Waals surface area contributed by atoms with Gasteiger partial charge in [-0.3, -0.25) is 24.0 Å². The summed E-state index contributed by atoms with van der Waals surface area (Å²) in [5.74, 6) is -6.61. The summed E-state index contributed by atoms with van der Waals surface area (Å²) >= 11 is 0. The van der Waals surface area contributed by atoms with Crippen molar-refractivity contribution in [3.05, 3.63) is 0 Å². The standard InChI is InChI=1S/C19H33N5O9/c1-8(2)14(19(32)33)23-17(30)11(5-7-13(27)28)22-18(31)15(9(3)25)24-16(29)10(20)4-6-12(21)26/h8-11,14-15,25H,4-7,20H2,1-3H3,(H2,21,26)(H,22,31)(H,23,30)(H,24,29)(H,27,28)(H,32,33). The zero-order chi connectivity index (χ0) is 25.9. The summed E-state index contributed by atoms with van der Waals surface area (Å²) in [6.07, 6.45) is -2.64. The van der Waals surface area contributed by atoms with Crippen LogP contribution in [0.15, 0.2) is 0 Å². The van der Waals surface area contributed by atoms with E-state index in [4.69, 9.17) is 16.6 Å². The average molecular weight is 475 g/mol. The molecule has 4 amide bonds. The van der Waals surface area contributed by atoms with Crippen molar-refractivity contribution >= 4 is 35.6 Å². The first-order chi connectivity index (χ1) is 15.2. The molecule has 5 unspecified atom stereocenters. The second-order valence-corrected chi connectivity index (χ2v) is 7.90. The predicted molar refractivity (Wildman–Crippen MR) is 113 cm³/mol. The smallest absolute Gasteiger partial charge is 0.326 e. The number of amides is 4. The molecule has 0 saturated heterocycles. The third-order valence-corrected chi connectivity index (χ3v) is 4.61. The number of hydrogen-bond acceptors (Lipinski definition) is 8. The molecule has 14 heteroatoms. The van der Waals surface area contributed by atoms with Crippen molar-refractivity contribution < 1.29 is 44.1 Å². The topological polar surface area (TPSA) is 251 Å². The lowest BCUT2D eigenvalue weighted by atomic mass is 10.0. The molecule has 0 rings (SSSR count). The van der Waals surface area contributed by atoms with Gasteiger partial charge in [0.2, 0.25) is 23.6 Å². The Labute approximate surface area is 190 Å². The Morgan fingerprint density at radius 2 is 1.33 bits per heavy atom. The number of aliphatic hydroxyl groups excluding tert-OH is 1. The maximum Gasteiger partial charge on any atom is 0.326 e. The fraction of sp³-hybridized carbons (Fsp3) is 0.684. The van der Waals surface area contributed by atoms with Gasteiger partial charge in [0.25, 0.3) is 0 Å². The van der Waals surface area contributed by atoms with Crippen LogP contribution in [0.4, 0.5) is 0 Å². The summed E-state index contributed by atoms with van der Waals surface area (Å²) in [6.45, 7) is 4.28. The summed E-state index contributed by atoms with van der Waals surface area (Å²) in [6, 6.07) is -5.54. The average Bonchev–Trinajstić information content (AvgIpc) is 2.69. The van der Waals surface area contributed by atoms with Gasteiger partial charge in [0.15, 0.2) is 0 Å². The van der Waals surface area contributed by atoms with E-state index in [0.717, 1.165) is 0 Å². The molecular formula is C19H33N5O9. The molecule has 0 heterocycles. The maximum atomic E-state index is 12.7. The Balaban J connectivity index is 5.46. The lowest BCUT2D eigenvalue weighted by Crippen LogP contribution is -2.60. The van der Waals surface area contributed by atoms with E-state index in [9.17, 15) is 39.0 Å². The van der Waals surface area contributed by atoms with Crippen LogP contribution in [0.2, 0.25) is 0 Å². The molecule has 14 nitrogen and oxygen atoms in total. The molecule has 0 saturated carbocycles.